The van der Waals surface area contributed by atoms with E-state index in [-0.39, 0.29) is 6.10 Å². The van der Waals surface area contributed by atoms with Gasteiger partial charge in [-0.2, -0.15) is 0 Å². The van der Waals surface area contributed by atoms with Crippen LogP contribution in [0.1, 0.15) is 50.7 Å². The maximum absolute atomic E-state index is 10.6. The number of ether oxygens (including phenoxy) is 1. The van der Waals surface area contributed by atoms with Crippen molar-refractivity contribution in [2.24, 2.45) is 5.92 Å². The fraction of sp³-hybridized carbons (Fsp3) is 0.474. The zero-order valence-corrected chi connectivity index (χ0v) is 12.7. The Morgan fingerprint density at radius 2 is 1.76 bits per heavy atom. The molecule has 0 unspecified atom stereocenters. The lowest BCUT2D eigenvalue weighted by atomic mass is 9.82. The summed E-state index contributed by atoms with van der Waals surface area (Å²) in [5.74, 6) is 1.34. The maximum Gasteiger partial charge on any atom is 0.119 e. The summed E-state index contributed by atoms with van der Waals surface area (Å²) in [7, 11) is 0. The molecular weight excluding hydrogens is 260 g/mol. The Labute approximate surface area is 126 Å². The van der Waals surface area contributed by atoms with E-state index in [0.717, 1.165) is 24.2 Å². The second-order valence-corrected chi connectivity index (χ2v) is 6.04. The molecule has 0 amide bonds. The van der Waals surface area contributed by atoms with Crippen molar-refractivity contribution in [3.63, 3.8) is 0 Å². The Hall–Kier alpha value is -1.54. The molecule has 1 aliphatic carbocycles. The van der Waals surface area contributed by atoms with Gasteiger partial charge in [-0.3, -0.25) is 0 Å². The highest BCUT2D eigenvalue weighted by atomic mass is 16.5. The summed E-state index contributed by atoms with van der Waals surface area (Å²) in [6.45, 7) is 2.68. The molecule has 0 spiro atoms. The molecule has 112 valence electrons. The average Bonchev–Trinajstić information content (AvgIpc) is 2.55. The van der Waals surface area contributed by atoms with Crippen LogP contribution in [0.2, 0.25) is 0 Å². The summed E-state index contributed by atoms with van der Waals surface area (Å²) in [4.78, 5) is 0. The van der Waals surface area contributed by atoms with E-state index in [1.54, 1.807) is 0 Å². The quantitative estimate of drug-likeness (QED) is 0.869. The van der Waals surface area contributed by atoms with Crippen LogP contribution in [0.25, 0.3) is 10.8 Å². The molecule has 21 heavy (non-hydrogen) atoms. The Balaban J connectivity index is 1.84. The summed E-state index contributed by atoms with van der Waals surface area (Å²) in [5.41, 5.74) is 1.05. The third-order valence-electron chi connectivity index (χ3n) is 4.58. The molecule has 0 aliphatic heterocycles. The van der Waals surface area contributed by atoms with Gasteiger partial charge in [-0.15, -0.1) is 0 Å². The average molecular weight is 284 g/mol. The van der Waals surface area contributed by atoms with Crippen LogP contribution in [0.5, 0.6) is 5.75 Å². The first-order valence-corrected chi connectivity index (χ1v) is 8.12. The van der Waals surface area contributed by atoms with Gasteiger partial charge >= 0.3 is 0 Å². The smallest absolute Gasteiger partial charge is 0.119 e. The molecule has 3 rings (SSSR count). The third-order valence-corrected chi connectivity index (χ3v) is 4.58. The van der Waals surface area contributed by atoms with Crippen LogP contribution in [0.15, 0.2) is 36.4 Å². The van der Waals surface area contributed by atoms with Gasteiger partial charge in [-0.1, -0.05) is 37.5 Å². The SMILES string of the molecule is CCOc1ccc2cc([C@@H](O)C3CCCCC3)ccc2c1. The van der Waals surface area contributed by atoms with Crippen molar-refractivity contribution in [2.45, 2.75) is 45.1 Å². The fourth-order valence-corrected chi connectivity index (χ4v) is 3.40. The van der Waals surface area contributed by atoms with E-state index in [1.807, 2.05) is 13.0 Å². The lowest BCUT2D eigenvalue weighted by molar-refractivity contribution is 0.0849. The first-order chi connectivity index (χ1) is 10.3. The predicted molar refractivity (Wildman–Crippen MR) is 86.7 cm³/mol. The van der Waals surface area contributed by atoms with Gasteiger partial charge in [-0.25, -0.2) is 0 Å². The molecule has 2 aromatic carbocycles. The van der Waals surface area contributed by atoms with Crippen LogP contribution < -0.4 is 4.74 Å². The summed E-state index contributed by atoms with van der Waals surface area (Å²) >= 11 is 0. The Morgan fingerprint density at radius 1 is 1.05 bits per heavy atom. The molecule has 0 heterocycles. The monoisotopic (exact) mass is 284 g/mol. The Kier molecular flexibility index (Phi) is 4.45. The van der Waals surface area contributed by atoms with Crippen molar-refractivity contribution < 1.29 is 9.84 Å². The largest absolute Gasteiger partial charge is 0.494 e. The lowest BCUT2D eigenvalue weighted by Crippen LogP contribution is -2.15. The van der Waals surface area contributed by atoms with Crippen LogP contribution >= 0.6 is 0 Å². The van der Waals surface area contributed by atoms with Crippen LogP contribution in [0.4, 0.5) is 0 Å². The second-order valence-electron chi connectivity index (χ2n) is 6.04. The van der Waals surface area contributed by atoms with Crippen LogP contribution in [0, 0.1) is 5.92 Å². The number of benzene rings is 2. The molecule has 1 N–H and O–H groups in total. The molecule has 1 aliphatic rings. The fourth-order valence-electron chi connectivity index (χ4n) is 3.40. The van der Waals surface area contributed by atoms with Crippen molar-refractivity contribution in [2.75, 3.05) is 6.61 Å². The van der Waals surface area contributed by atoms with E-state index in [0.29, 0.717) is 12.5 Å². The third kappa shape index (κ3) is 3.21. The van der Waals surface area contributed by atoms with Gasteiger partial charge < -0.3 is 9.84 Å². The summed E-state index contributed by atoms with van der Waals surface area (Å²) in [6.07, 6.45) is 5.83. The van der Waals surface area contributed by atoms with Gasteiger partial charge in [0.05, 0.1) is 12.7 Å². The molecule has 2 heteroatoms. The maximum atomic E-state index is 10.6. The molecular formula is C19H24O2. The highest BCUT2D eigenvalue weighted by Crippen LogP contribution is 2.35. The second kappa shape index (κ2) is 6.48. The number of rotatable bonds is 4. The van der Waals surface area contributed by atoms with E-state index in [4.69, 9.17) is 4.74 Å². The normalized spacial score (nSPS) is 17.8. The van der Waals surface area contributed by atoms with Crippen molar-refractivity contribution in [1.29, 1.82) is 0 Å². The van der Waals surface area contributed by atoms with Crippen molar-refractivity contribution in [3.8, 4) is 5.75 Å². The van der Waals surface area contributed by atoms with Crippen molar-refractivity contribution >= 4 is 10.8 Å². The van der Waals surface area contributed by atoms with Gasteiger partial charge in [-0.05, 0) is 60.2 Å². The molecule has 2 nitrogen and oxygen atoms in total. The number of hydrogen-bond acceptors (Lipinski definition) is 2. The number of hydrogen-bond donors (Lipinski definition) is 1. The minimum Gasteiger partial charge on any atom is -0.494 e. The van der Waals surface area contributed by atoms with E-state index >= 15 is 0 Å². The number of aliphatic hydroxyl groups excluding tert-OH is 1. The van der Waals surface area contributed by atoms with Crippen molar-refractivity contribution in [1.82, 2.24) is 0 Å². The van der Waals surface area contributed by atoms with E-state index in [1.165, 1.54) is 30.0 Å². The number of fused-ring (bicyclic) bond motifs is 1. The van der Waals surface area contributed by atoms with Crippen molar-refractivity contribution in [3.05, 3.63) is 42.0 Å². The van der Waals surface area contributed by atoms with Crippen LogP contribution in [0.3, 0.4) is 0 Å². The highest BCUT2D eigenvalue weighted by Gasteiger charge is 2.23. The van der Waals surface area contributed by atoms with E-state index in [9.17, 15) is 5.11 Å². The van der Waals surface area contributed by atoms with E-state index in [2.05, 4.69) is 30.3 Å². The summed E-state index contributed by atoms with van der Waals surface area (Å²) in [5, 5.41) is 13.0. The molecule has 1 atom stereocenters. The highest BCUT2D eigenvalue weighted by molar-refractivity contribution is 5.84. The van der Waals surface area contributed by atoms with Crippen LogP contribution in [-0.4, -0.2) is 11.7 Å². The Morgan fingerprint density at radius 3 is 2.52 bits per heavy atom. The zero-order valence-electron chi connectivity index (χ0n) is 12.7. The van der Waals surface area contributed by atoms with Gasteiger partial charge in [0, 0.05) is 0 Å². The molecule has 1 fully saturated rings. The van der Waals surface area contributed by atoms with Crippen LogP contribution in [-0.2, 0) is 0 Å². The summed E-state index contributed by atoms with van der Waals surface area (Å²) in [6, 6.07) is 12.4. The minimum atomic E-state index is -0.318. The molecule has 0 radical (unpaired) electrons. The standard InChI is InChI=1S/C19H24O2/c1-2-21-18-11-10-15-12-17(9-8-16(15)13-18)19(20)14-6-4-3-5-7-14/h8-14,19-20H,2-7H2,1H3/t19-/m0/s1. The minimum absolute atomic E-state index is 0.318. The van der Waals surface area contributed by atoms with Gasteiger partial charge in [0.2, 0.25) is 0 Å². The molecule has 1 saturated carbocycles. The van der Waals surface area contributed by atoms with Gasteiger partial charge in [0.1, 0.15) is 5.75 Å². The zero-order chi connectivity index (χ0) is 14.7. The van der Waals surface area contributed by atoms with Gasteiger partial charge in [0.25, 0.3) is 0 Å². The first kappa shape index (κ1) is 14.4. The molecule has 0 bridgehead atoms. The summed E-state index contributed by atoms with van der Waals surface area (Å²) < 4.78 is 5.54. The number of aliphatic hydroxyl groups is 1. The van der Waals surface area contributed by atoms with Gasteiger partial charge in [0.15, 0.2) is 0 Å². The van der Waals surface area contributed by atoms with E-state index < -0.39 is 0 Å². The lowest BCUT2D eigenvalue weighted by Gasteiger charge is -2.27. The topological polar surface area (TPSA) is 29.5 Å². The molecule has 0 saturated heterocycles. The predicted octanol–water partition coefficient (Wildman–Crippen LogP) is 4.85. The first-order valence-electron chi connectivity index (χ1n) is 8.12. The molecule has 2 aromatic rings. The molecule has 0 aromatic heterocycles. The Bertz CT molecular complexity index is 600.